The van der Waals surface area contributed by atoms with Gasteiger partial charge in [-0.2, -0.15) is 0 Å². The van der Waals surface area contributed by atoms with Crippen LogP contribution < -0.4 is 0 Å². The van der Waals surface area contributed by atoms with Crippen LogP contribution in [0.1, 0.15) is 98.8 Å². The molecular formula is C42H64O15. The van der Waals surface area contributed by atoms with E-state index < -0.39 is 92.1 Å². The second-order valence-electron chi connectivity index (χ2n) is 19.8. The number of fused-ring (bicyclic) bond motifs is 2. The molecule has 21 atom stereocenters. The van der Waals surface area contributed by atoms with E-state index in [0.717, 1.165) is 51.4 Å². The van der Waals surface area contributed by atoms with Gasteiger partial charge >= 0.3 is 11.9 Å². The van der Waals surface area contributed by atoms with Crippen molar-refractivity contribution < 1.29 is 74.1 Å². The number of hydrogen-bond donors (Lipinski definition) is 8. The average Bonchev–Trinajstić information content (AvgIpc) is 3.77. The van der Waals surface area contributed by atoms with Crippen LogP contribution in [0.3, 0.4) is 0 Å². The van der Waals surface area contributed by atoms with Crippen molar-refractivity contribution in [3.05, 3.63) is 11.6 Å². The van der Waals surface area contributed by atoms with Gasteiger partial charge in [0.05, 0.1) is 24.7 Å². The Labute approximate surface area is 333 Å². The quantitative estimate of drug-likeness (QED) is 0.121. The molecule has 15 nitrogen and oxygen atoms in total. The van der Waals surface area contributed by atoms with E-state index in [1.54, 1.807) is 13.8 Å². The third-order valence-electron chi connectivity index (χ3n) is 18.0. The Bertz CT molecular complexity index is 1610. The number of aliphatic carboxylic acids is 1. The lowest BCUT2D eigenvalue weighted by molar-refractivity contribution is -0.377. The predicted octanol–water partition coefficient (Wildman–Crippen LogP) is 1.40. The Morgan fingerprint density at radius 1 is 0.789 bits per heavy atom. The van der Waals surface area contributed by atoms with Gasteiger partial charge in [0.2, 0.25) is 0 Å². The van der Waals surface area contributed by atoms with E-state index >= 15 is 0 Å². The Balaban J connectivity index is 1.03. The summed E-state index contributed by atoms with van der Waals surface area (Å²) in [6.45, 7) is 9.33. The number of aliphatic hydroxyl groups excluding tert-OH is 7. The lowest BCUT2D eigenvalue weighted by Crippen LogP contribution is -2.66. The van der Waals surface area contributed by atoms with Gasteiger partial charge in [-0.1, -0.05) is 26.8 Å². The van der Waals surface area contributed by atoms with Crippen LogP contribution in [-0.4, -0.2) is 140 Å². The zero-order chi connectivity index (χ0) is 41.2. The van der Waals surface area contributed by atoms with E-state index in [9.17, 15) is 50.4 Å². The van der Waals surface area contributed by atoms with Crippen LogP contribution in [0.15, 0.2) is 11.6 Å². The van der Waals surface area contributed by atoms with Crippen LogP contribution in [0.4, 0.5) is 0 Å². The minimum Gasteiger partial charge on any atom is -0.481 e. The van der Waals surface area contributed by atoms with E-state index in [0.29, 0.717) is 30.3 Å². The first kappa shape index (κ1) is 42.0. The topological polar surface area (TPSA) is 242 Å². The Hall–Kier alpha value is -1.76. The molecule has 8 rings (SSSR count). The normalized spacial score (nSPS) is 55.0. The molecule has 15 heteroatoms. The summed E-state index contributed by atoms with van der Waals surface area (Å²) in [7, 11) is 0. The highest BCUT2D eigenvalue weighted by molar-refractivity contribution is 5.88. The molecule has 3 aliphatic heterocycles. The summed E-state index contributed by atoms with van der Waals surface area (Å²) >= 11 is 0. The molecule has 8 N–H and O–H groups in total. The number of ether oxygens (including phenoxy) is 5. The lowest BCUT2D eigenvalue weighted by Gasteiger charge is -2.63. The van der Waals surface area contributed by atoms with Crippen molar-refractivity contribution in [2.24, 2.45) is 50.7 Å². The third kappa shape index (κ3) is 5.84. The number of cyclic esters (lactones) is 1. The van der Waals surface area contributed by atoms with Gasteiger partial charge in [-0.05, 0) is 117 Å². The maximum absolute atomic E-state index is 13.7. The van der Waals surface area contributed by atoms with Crippen molar-refractivity contribution in [3.63, 3.8) is 0 Å². The van der Waals surface area contributed by atoms with Crippen molar-refractivity contribution in [2.75, 3.05) is 13.2 Å². The first-order valence-electron chi connectivity index (χ1n) is 21.2. The van der Waals surface area contributed by atoms with Crippen LogP contribution in [0, 0.1) is 50.7 Å². The summed E-state index contributed by atoms with van der Waals surface area (Å²) in [5, 5.41) is 84.5. The van der Waals surface area contributed by atoms with E-state index in [1.165, 1.54) is 0 Å². The van der Waals surface area contributed by atoms with Gasteiger partial charge in [-0.3, -0.25) is 4.79 Å². The maximum atomic E-state index is 13.7. The number of esters is 1. The molecule has 7 fully saturated rings. The van der Waals surface area contributed by atoms with Crippen molar-refractivity contribution in [2.45, 2.75) is 172 Å². The Morgan fingerprint density at radius 3 is 2.07 bits per heavy atom. The molecule has 3 heterocycles. The molecule has 0 radical (unpaired) electrons. The van der Waals surface area contributed by atoms with Crippen LogP contribution in [-0.2, 0) is 33.3 Å². The number of carboxylic acid groups (broad SMARTS) is 1. The molecule has 0 aromatic rings. The molecule has 2 saturated heterocycles. The third-order valence-corrected chi connectivity index (χ3v) is 18.0. The SMILES string of the molecule is CC1=CC[C@@H]([C@@H](C)[C@H]2CC[C@@]3(C)[C@@H]4CC[C@H]5[C@@](C)(C(=O)O)[C@@H](O[C@@H]6O[C@H](CO)[C@@H](O)[C@H](O)[C@H]6O[C@@H]6O[C@H](CO)[C@@H](O)[C@H](O)[C@H]6O)CC[C@@]56C[C@@]46CC[C@]23C)OC1=O. The fourth-order valence-corrected chi connectivity index (χ4v) is 14.5. The van der Waals surface area contributed by atoms with Gasteiger partial charge in [0.25, 0.3) is 0 Å². The summed E-state index contributed by atoms with van der Waals surface area (Å²) in [6, 6.07) is 0. The molecule has 0 unspecified atom stereocenters. The van der Waals surface area contributed by atoms with E-state index in [4.69, 9.17) is 23.7 Å². The maximum Gasteiger partial charge on any atom is 0.333 e. The molecule has 0 bridgehead atoms. The molecule has 2 spiro atoms. The van der Waals surface area contributed by atoms with Gasteiger partial charge in [0.15, 0.2) is 12.6 Å². The van der Waals surface area contributed by atoms with Crippen LogP contribution >= 0.6 is 0 Å². The fourth-order valence-electron chi connectivity index (χ4n) is 14.5. The second kappa shape index (κ2) is 14.4. The zero-order valence-corrected chi connectivity index (χ0v) is 33.7. The predicted molar refractivity (Wildman–Crippen MR) is 198 cm³/mol. The zero-order valence-electron chi connectivity index (χ0n) is 33.7. The average molecular weight is 809 g/mol. The molecule has 0 aromatic heterocycles. The van der Waals surface area contributed by atoms with Gasteiger partial charge in [-0.15, -0.1) is 0 Å². The van der Waals surface area contributed by atoms with Crippen molar-refractivity contribution in [1.82, 2.24) is 0 Å². The van der Waals surface area contributed by atoms with Crippen LogP contribution in [0.5, 0.6) is 0 Å². The van der Waals surface area contributed by atoms with Gasteiger partial charge in [0, 0.05) is 12.0 Å². The summed E-state index contributed by atoms with van der Waals surface area (Å²) in [5.41, 5.74) is -0.827. The summed E-state index contributed by atoms with van der Waals surface area (Å²) in [5.74, 6) is -0.423. The first-order valence-corrected chi connectivity index (χ1v) is 21.2. The van der Waals surface area contributed by atoms with Gasteiger partial charge in [-0.25, -0.2) is 4.79 Å². The molecule has 0 aromatic carbocycles. The second-order valence-corrected chi connectivity index (χ2v) is 19.8. The number of carbonyl (C=O) groups is 2. The molecule has 5 saturated carbocycles. The highest BCUT2D eigenvalue weighted by Crippen LogP contribution is 2.89. The van der Waals surface area contributed by atoms with Crippen LogP contribution in [0.25, 0.3) is 0 Å². The molecule has 8 aliphatic rings. The van der Waals surface area contributed by atoms with E-state index in [2.05, 4.69) is 20.8 Å². The summed E-state index contributed by atoms with van der Waals surface area (Å²) in [4.78, 5) is 26.2. The van der Waals surface area contributed by atoms with Crippen molar-refractivity contribution in [3.8, 4) is 0 Å². The molecular weight excluding hydrogens is 744 g/mol. The highest BCUT2D eigenvalue weighted by atomic mass is 16.8. The summed E-state index contributed by atoms with van der Waals surface area (Å²) < 4.78 is 29.9. The minimum absolute atomic E-state index is 0.000477. The van der Waals surface area contributed by atoms with Gasteiger partial charge in [0.1, 0.15) is 54.9 Å². The number of rotatable bonds is 9. The number of aliphatic hydroxyl groups is 7. The molecule has 57 heavy (non-hydrogen) atoms. The fraction of sp³-hybridized carbons (Fsp3) is 0.905. The van der Waals surface area contributed by atoms with Gasteiger partial charge < -0.3 is 64.5 Å². The Morgan fingerprint density at radius 2 is 1.42 bits per heavy atom. The van der Waals surface area contributed by atoms with Crippen LogP contribution in [0.2, 0.25) is 0 Å². The number of carbonyl (C=O) groups excluding carboxylic acids is 1. The highest BCUT2D eigenvalue weighted by Gasteiger charge is 2.83. The number of carboxylic acids is 1. The summed E-state index contributed by atoms with van der Waals surface area (Å²) in [6.07, 6.45) is -6.63. The molecule has 322 valence electrons. The standard InChI is InChI=1S/C42H64O15/c1-19-6-7-22(53-34(19)50)20(2)21-10-12-39(4)25-8-9-26-40(5,37(51)52)27(11-13-41(26)18-42(25,41)15-14-38(21,39)3)56-36-33(31(48)29(46)24(17-44)55-36)57-35-32(49)30(47)28(45)23(16-43)54-35/h6,20-33,35-36,43-49H,7-18H2,1-5H3,(H,51,52)/t20-,21+,22-,23+,24+,25-,26-,27-,28+,29+,30-,31-,32+,33+,35-,36-,38+,39-,40+,41+,42-/m0/s1. The monoisotopic (exact) mass is 808 g/mol. The Kier molecular flexibility index (Phi) is 10.6. The smallest absolute Gasteiger partial charge is 0.333 e. The first-order chi connectivity index (χ1) is 26.8. The lowest BCUT2D eigenvalue weighted by atomic mass is 9.41. The minimum atomic E-state index is -1.83. The molecule has 0 amide bonds. The van der Waals surface area contributed by atoms with Crippen molar-refractivity contribution >= 4 is 11.9 Å². The molecule has 5 aliphatic carbocycles. The van der Waals surface area contributed by atoms with E-state index in [-0.39, 0.29) is 45.6 Å². The van der Waals surface area contributed by atoms with Crippen molar-refractivity contribution in [1.29, 1.82) is 0 Å². The van der Waals surface area contributed by atoms with E-state index in [1.807, 2.05) is 6.08 Å². The largest absolute Gasteiger partial charge is 0.481 e. The number of hydrogen-bond acceptors (Lipinski definition) is 14.